The summed E-state index contributed by atoms with van der Waals surface area (Å²) in [6, 6.07) is 0. The Hall–Kier alpha value is 0.160. The minimum absolute atomic E-state index is 0.0205. The fourth-order valence-electron chi connectivity index (χ4n) is 1.41. The molecule has 13 heavy (non-hydrogen) atoms. The van der Waals surface area contributed by atoms with Crippen molar-refractivity contribution in [3.05, 3.63) is 0 Å². The Morgan fingerprint density at radius 3 is 2.92 bits per heavy atom. The molecule has 1 heterocycles. The largest absolute Gasteiger partial charge is 0.465 e. The van der Waals surface area contributed by atoms with Gasteiger partial charge < -0.3 is 9.47 Å². The van der Waals surface area contributed by atoms with E-state index in [9.17, 15) is 4.79 Å². The van der Waals surface area contributed by atoms with Gasteiger partial charge in [0.05, 0.1) is 12.7 Å². The maximum absolute atomic E-state index is 11.5. The van der Waals surface area contributed by atoms with Crippen LogP contribution in [0.4, 0.5) is 0 Å². The molecule has 1 saturated heterocycles. The van der Waals surface area contributed by atoms with Crippen LogP contribution in [0.25, 0.3) is 0 Å². The molecule has 0 radical (unpaired) electrons. The standard InChI is InChI=1S/C9H15IO3/c1-3-12-8(11)9(2,10)7-5-4-6-13-7/h7H,3-6H2,1-2H3/t7-,9-/m0/s1. The van der Waals surface area contributed by atoms with Crippen LogP contribution in [0, 0.1) is 0 Å². The number of rotatable bonds is 3. The Labute approximate surface area is 92.3 Å². The topological polar surface area (TPSA) is 35.5 Å². The lowest BCUT2D eigenvalue weighted by atomic mass is 10.0. The van der Waals surface area contributed by atoms with E-state index in [1.165, 1.54) is 0 Å². The van der Waals surface area contributed by atoms with Gasteiger partial charge >= 0.3 is 5.97 Å². The number of ether oxygens (including phenoxy) is 2. The number of hydrogen-bond acceptors (Lipinski definition) is 3. The third kappa shape index (κ3) is 2.56. The lowest BCUT2D eigenvalue weighted by molar-refractivity contribution is -0.148. The smallest absolute Gasteiger partial charge is 0.324 e. The lowest BCUT2D eigenvalue weighted by Gasteiger charge is -2.26. The molecule has 0 aliphatic carbocycles. The molecule has 1 rings (SSSR count). The zero-order valence-corrected chi connectivity index (χ0v) is 10.2. The van der Waals surface area contributed by atoms with Crippen molar-refractivity contribution in [3.63, 3.8) is 0 Å². The van der Waals surface area contributed by atoms with Crippen LogP contribution in [0.1, 0.15) is 26.7 Å². The Balaban J connectivity index is 2.57. The first-order valence-corrected chi connectivity index (χ1v) is 5.64. The van der Waals surface area contributed by atoms with Gasteiger partial charge in [0.1, 0.15) is 3.42 Å². The van der Waals surface area contributed by atoms with E-state index in [0.717, 1.165) is 19.4 Å². The number of carbonyl (C=O) groups is 1. The normalized spacial score (nSPS) is 26.8. The van der Waals surface area contributed by atoms with Crippen LogP contribution >= 0.6 is 22.6 Å². The quantitative estimate of drug-likeness (QED) is 0.454. The number of hydrogen-bond donors (Lipinski definition) is 0. The van der Waals surface area contributed by atoms with Crippen LogP contribution in [-0.4, -0.2) is 28.7 Å². The van der Waals surface area contributed by atoms with Crippen LogP contribution in [0.15, 0.2) is 0 Å². The summed E-state index contributed by atoms with van der Waals surface area (Å²) < 4.78 is 9.95. The van der Waals surface area contributed by atoms with Gasteiger partial charge in [-0.15, -0.1) is 0 Å². The highest BCUT2D eigenvalue weighted by molar-refractivity contribution is 14.1. The van der Waals surface area contributed by atoms with Gasteiger partial charge in [0.25, 0.3) is 0 Å². The van der Waals surface area contributed by atoms with Crippen LogP contribution in [0.5, 0.6) is 0 Å². The van der Waals surface area contributed by atoms with Crippen LogP contribution in [-0.2, 0) is 14.3 Å². The number of alkyl halides is 1. The number of halogens is 1. The molecule has 1 aliphatic rings. The van der Waals surface area contributed by atoms with Crippen molar-refractivity contribution in [1.29, 1.82) is 0 Å². The molecule has 0 N–H and O–H groups in total. The molecule has 0 aromatic heterocycles. The van der Waals surface area contributed by atoms with Gasteiger partial charge in [-0.3, -0.25) is 4.79 Å². The SMILES string of the molecule is CCOC(=O)[C@@](C)(I)[C@@H]1CCCO1. The van der Waals surface area contributed by atoms with E-state index in [1.54, 1.807) is 0 Å². The molecule has 3 nitrogen and oxygen atoms in total. The van der Waals surface area contributed by atoms with Crippen molar-refractivity contribution in [2.45, 2.75) is 36.2 Å². The average Bonchev–Trinajstić information content (AvgIpc) is 2.56. The van der Waals surface area contributed by atoms with Gasteiger partial charge in [-0.25, -0.2) is 0 Å². The second kappa shape index (κ2) is 4.59. The molecular weight excluding hydrogens is 283 g/mol. The highest BCUT2D eigenvalue weighted by Crippen LogP contribution is 2.32. The highest BCUT2D eigenvalue weighted by Gasteiger charge is 2.42. The maximum Gasteiger partial charge on any atom is 0.324 e. The van der Waals surface area contributed by atoms with Gasteiger partial charge in [0.15, 0.2) is 0 Å². The molecule has 4 heteroatoms. The number of esters is 1. The van der Waals surface area contributed by atoms with Crippen LogP contribution in [0.3, 0.4) is 0 Å². The molecule has 2 atom stereocenters. The van der Waals surface area contributed by atoms with Gasteiger partial charge in [-0.05, 0) is 26.7 Å². The average molecular weight is 298 g/mol. The fraction of sp³-hybridized carbons (Fsp3) is 0.889. The Bertz CT molecular complexity index is 185. The zero-order chi connectivity index (χ0) is 9.90. The first-order chi connectivity index (χ1) is 6.09. The Kier molecular flexibility index (Phi) is 3.97. The van der Waals surface area contributed by atoms with E-state index in [-0.39, 0.29) is 12.1 Å². The van der Waals surface area contributed by atoms with Crippen molar-refractivity contribution in [2.75, 3.05) is 13.2 Å². The van der Waals surface area contributed by atoms with Crippen molar-refractivity contribution in [2.24, 2.45) is 0 Å². The molecule has 0 unspecified atom stereocenters. The van der Waals surface area contributed by atoms with Gasteiger partial charge in [-0.2, -0.15) is 0 Å². The van der Waals surface area contributed by atoms with E-state index >= 15 is 0 Å². The van der Waals surface area contributed by atoms with Crippen LogP contribution in [0.2, 0.25) is 0 Å². The maximum atomic E-state index is 11.5. The van der Waals surface area contributed by atoms with Gasteiger partial charge in [0, 0.05) is 6.61 Å². The predicted octanol–water partition coefficient (Wildman–Crippen LogP) is 1.92. The molecule has 0 amide bonds. The Morgan fingerprint density at radius 1 is 1.77 bits per heavy atom. The van der Waals surface area contributed by atoms with Gasteiger partial charge in [0.2, 0.25) is 0 Å². The van der Waals surface area contributed by atoms with Crippen molar-refractivity contribution >= 4 is 28.6 Å². The molecule has 0 aromatic rings. The third-order valence-corrected chi connectivity index (χ3v) is 3.34. The first kappa shape index (κ1) is 11.2. The van der Waals surface area contributed by atoms with E-state index < -0.39 is 3.42 Å². The van der Waals surface area contributed by atoms with Crippen molar-refractivity contribution < 1.29 is 14.3 Å². The fourth-order valence-corrected chi connectivity index (χ4v) is 2.06. The summed E-state index contributed by atoms with van der Waals surface area (Å²) in [5.74, 6) is -0.164. The second-order valence-electron chi connectivity index (χ2n) is 3.30. The summed E-state index contributed by atoms with van der Waals surface area (Å²) in [6.07, 6.45) is 2.02. The first-order valence-electron chi connectivity index (χ1n) is 4.56. The minimum atomic E-state index is -0.524. The molecule has 0 spiro atoms. The molecule has 0 bridgehead atoms. The predicted molar refractivity (Wildman–Crippen MR) is 58.0 cm³/mol. The molecule has 76 valence electrons. The molecule has 1 fully saturated rings. The van der Waals surface area contributed by atoms with E-state index in [4.69, 9.17) is 9.47 Å². The Morgan fingerprint density at radius 2 is 2.46 bits per heavy atom. The monoisotopic (exact) mass is 298 g/mol. The highest BCUT2D eigenvalue weighted by atomic mass is 127. The lowest BCUT2D eigenvalue weighted by Crippen LogP contribution is -2.41. The zero-order valence-electron chi connectivity index (χ0n) is 8.01. The molecular formula is C9H15IO3. The minimum Gasteiger partial charge on any atom is -0.465 e. The third-order valence-electron chi connectivity index (χ3n) is 2.21. The molecule has 1 aliphatic heterocycles. The van der Waals surface area contributed by atoms with E-state index in [0.29, 0.717) is 6.61 Å². The second-order valence-corrected chi connectivity index (χ2v) is 5.54. The van der Waals surface area contributed by atoms with Crippen LogP contribution < -0.4 is 0 Å². The molecule has 0 aromatic carbocycles. The summed E-state index contributed by atoms with van der Waals surface area (Å²) >= 11 is 2.13. The summed E-state index contributed by atoms with van der Waals surface area (Å²) in [4.78, 5) is 11.5. The van der Waals surface area contributed by atoms with Crippen molar-refractivity contribution in [3.8, 4) is 0 Å². The van der Waals surface area contributed by atoms with Gasteiger partial charge in [-0.1, -0.05) is 22.6 Å². The summed E-state index contributed by atoms with van der Waals surface area (Å²) in [7, 11) is 0. The van der Waals surface area contributed by atoms with Crippen molar-refractivity contribution in [1.82, 2.24) is 0 Å². The van der Waals surface area contributed by atoms with E-state index in [2.05, 4.69) is 22.6 Å². The van der Waals surface area contributed by atoms with E-state index in [1.807, 2.05) is 13.8 Å². The summed E-state index contributed by atoms with van der Waals surface area (Å²) in [5, 5.41) is 0. The number of carbonyl (C=O) groups excluding carboxylic acids is 1. The molecule has 0 saturated carbocycles. The summed E-state index contributed by atoms with van der Waals surface area (Å²) in [6.45, 7) is 4.90. The summed E-state index contributed by atoms with van der Waals surface area (Å²) in [5.41, 5.74) is 0.